The standard InChI is InChI=1S/C17H18N2O2/c1-11-7-14(8-12(2)20-11)21-17-13(9-18)10-19-16-6-4-3-5-15(16)17/h3-6,10-12,14H,7-8H2,1-2H3. The van der Waals surface area contributed by atoms with Gasteiger partial charge in [0.15, 0.2) is 0 Å². The molecule has 0 amide bonds. The number of hydrogen-bond donors (Lipinski definition) is 0. The predicted molar refractivity (Wildman–Crippen MR) is 80.1 cm³/mol. The van der Waals surface area contributed by atoms with Crippen LogP contribution >= 0.6 is 0 Å². The number of nitrogens with zero attached hydrogens (tertiary/aromatic N) is 2. The maximum atomic E-state index is 9.32. The van der Waals surface area contributed by atoms with Crippen LogP contribution in [0, 0.1) is 11.3 Å². The van der Waals surface area contributed by atoms with Crippen molar-refractivity contribution in [1.82, 2.24) is 4.98 Å². The largest absolute Gasteiger partial charge is 0.488 e. The molecule has 1 aliphatic rings. The lowest BCUT2D eigenvalue weighted by Gasteiger charge is -2.32. The number of nitriles is 1. The molecule has 0 saturated carbocycles. The van der Waals surface area contributed by atoms with Crippen LogP contribution in [0.15, 0.2) is 30.5 Å². The van der Waals surface area contributed by atoms with Crippen molar-refractivity contribution in [3.8, 4) is 11.8 Å². The van der Waals surface area contributed by atoms with Gasteiger partial charge in [0.1, 0.15) is 23.5 Å². The lowest BCUT2D eigenvalue weighted by molar-refractivity contribution is -0.0719. The summed E-state index contributed by atoms with van der Waals surface area (Å²) in [5, 5.41) is 10.2. The molecule has 1 aromatic heterocycles. The Bertz CT molecular complexity index is 683. The molecule has 0 radical (unpaired) electrons. The van der Waals surface area contributed by atoms with Crippen molar-refractivity contribution in [3.05, 3.63) is 36.0 Å². The Labute approximate surface area is 124 Å². The molecule has 3 rings (SSSR count). The first-order valence-corrected chi connectivity index (χ1v) is 7.27. The predicted octanol–water partition coefficient (Wildman–Crippen LogP) is 3.44. The Kier molecular flexibility index (Phi) is 3.76. The number of benzene rings is 1. The molecule has 2 atom stereocenters. The molecular weight excluding hydrogens is 264 g/mol. The van der Waals surface area contributed by atoms with Crippen LogP contribution in [0.2, 0.25) is 0 Å². The van der Waals surface area contributed by atoms with Gasteiger partial charge in [-0.15, -0.1) is 0 Å². The van der Waals surface area contributed by atoms with E-state index in [9.17, 15) is 5.26 Å². The zero-order chi connectivity index (χ0) is 14.8. The minimum atomic E-state index is 0.0710. The highest BCUT2D eigenvalue weighted by Crippen LogP contribution is 2.31. The number of para-hydroxylation sites is 1. The molecule has 108 valence electrons. The Hall–Kier alpha value is -2.12. The molecule has 1 fully saturated rings. The second-order valence-corrected chi connectivity index (χ2v) is 5.60. The lowest BCUT2D eigenvalue weighted by Crippen LogP contribution is -2.35. The fraction of sp³-hybridized carbons (Fsp3) is 0.412. The van der Waals surface area contributed by atoms with Gasteiger partial charge in [-0.1, -0.05) is 12.1 Å². The lowest BCUT2D eigenvalue weighted by atomic mass is 10.0. The van der Waals surface area contributed by atoms with Crippen LogP contribution < -0.4 is 4.74 Å². The summed E-state index contributed by atoms with van der Waals surface area (Å²) < 4.78 is 11.9. The van der Waals surface area contributed by atoms with Gasteiger partial charge in [-0.2, -0.15) is 5.26 Å². The van der Waals surface area contributed by atoms with E-state index in [1.807, 2.05) is 24.3 Å². The molecule has 0 bridgehead atoms. The SMILES string of the molecule is CC1CC(Oc2c(C#N)cnc3ccccc23)CC(C)O1. The molecule has 2 heterocycles. The summed E-state index contributed by atoms with van der Waals surface area (Å²) in [6.45, 7) is 4.11. The fourth-order valence-electron chi connectivity index (χ4n) is 2.93. The summed E-state index contributed by atoms with van der Waals surface area (Å²) in [7, 11) is 0. The molecule has 1 aliphatic heterocycles. The molecule has 1 saturated heterocycles. The van der Waals surface area contributed by atoms with E-state index >= 15 is 0 Å². The maximum absolute atomic E-state index is 9.32. The van der Waals surface area contributed by atoms with Crippen molar-refractivity contribution < 1.29 is 9.47 Å². The molecular formula is C17H18N2O2. The summed E-state index contributed by atoms with van der Waals surface area (Å²) in [4.78, 5) is 4.31. The maximum Gasteiger partial charge on any atom is 0.148 e. The van der Waals surface area contributed by atoms with Crippen molar-refractivity contribution in [2.45, 2.75) is 45.0 Å². The van der Waals surface area contributed by atoms with Gasteiger partial charge in [-0.3, -0.25) is 4.98 Å². The number of fused-ring (bicyclic) bond motifs is 1. The first-order valence-electron chi connectivity index (χ1n) is 7.27. The van der Waals surface area contributed by atoms with Crippen LogP contribution in [0.3, 0.4) is 0 Å². The monoisotopic (exact) mass is 282 g/mol. The van der Waals surface area contributed by atoms with E-state index in [0.29, 0.717) is 11.3 Å². The Morgan fingerprint density at radius 1 is 1.24 bits per heavy atom. The molecule has 21 heavy (non-hydrogen) atoms. The molecule has 4 nitrogen and oxygen atoms in total. The smallest absolute Gasteiger partial charge is 0.148 e. The molecule has 2 aromatic rings. The van der Waals surface area contributed by atoms with Gasteiger partial charge in [0.05, 0.1) is 17.7 Å². The quantitative estimate of drug-likeness (QED) is 0.846. The summed E-state index contributed by atoms with van der Waals surface area (Å²) in [5.41, 5.74) is 1.33. The van der Waals surface area contributed by atoms with Crippen molar-refractivity contribution in [2.24, 2.45) is 0 Å². The van der Waals surface area contributed by atoms with E-state index < -0.39 is 0 Å². The average molecular weight is 282 g/mol. The van der Waals surface area contributed by atoms with E-state index in [-0.39, 0.29) is 18.3 Å². The summed E-state index contributed by atoms with van der Waals surface area (Å²) in [6.07, 6.45) is 3.69. The van der Waals surface area contributed by atoms with Crippen LogP contribution in [0.5, 0.6) is 5.75 Å². The molecule has 2 unspecified atom stereocenters. The highest BCUT2D eigenvalue weighted by molar-refractivity contribution is 5.87. The van der Waals surface area contributed by atoms with Gasteiger partial charge in [0.25, 0.3) is 0 Å². The number of pyridine rings is 1. The summed E-state index contributed by atoms with van der Waals surface area (Å²) in [5.74, 6) is 0.648. The van der Waals surface area contributed by atoms with Gasteiger partial charge in [-0.05, 0) is 26.0 Å². The highest BCUT2D eigenvalue weighted by Gasteiger charge is 2.27. The molecule has 0 spiro atoms. The van der Waals surface area contributed by atoms with Crippen molar-refractivity contribution in [1.29, 1.82) is 5.26 Å². The second-order valence-electron chi connectivity index (χ2n) is 5.60. The summed E-state index contributed by atoms with van der Waals surface area (Å²) >= 11 is 0. The average Bonchev–Trinajstić information content (AvgIpc) is 2.46. The van der Waals surface area contributed by atoms with Crippen LogP contribution in [-0.2, 0) is 4.74 Å². The van der Waals surface area contributed by atoms with E-state index in [2.05, 4.69) is 24.9 Å². The topological polar surface area (TPSA) is 55.1 Å². The third-order valence-corrected chi connectivity index (χ3v) is 3.79. The zero-order valence-corrected chi connectivity index (χ0v) is 12.2. The Morgan fingerprint density at radius 2 is 1.95 bits per heavy atom. The molecule has 1 aromatic carbocycles. The van der Waals surface area contributed by atoms with Gasteiger partial charge >= 0.3 is 0 Å². The first kappa shape index (κ1) is 13.8. The second kappa shape index (κ2) is 5.71. The third-order valence-electron chi connectivity index (χ3n) is 3.79. The first-order chi connectivity index (χ1) is 10.2. The van der Waals surface area contributed by atoms with E-state index in [0.717, 1.165) is 23.7 Å². The number of ether oxygens (including phenoxy) is 2. The van der Waals surface area contributed by atoms with Crippen molar-refractivity contribution in [2.75, 3.05) is 0 Å². The van der Waals surface area contributed by atoms with Crippen LogP contribution in [0.1, 0.15) is 32.3 Å². The van der Waals surface area contributed by atoms with Gasteiger partial charge in [0.2, 0.25) is 0 Å². The minimum absolute atomic E-state index is 0.0710. The third kappa shape index (κ3) is 2.84. The van der Waals surface area contributed by atoms with Crippen LogP contribution in [-0.4, -0.2) is 23.3 Å². The van der Waals surface area contributed by atoms with Crippen LogP contribution in [0.4, 0.5) is 0 Å². The Morgan fingerprint density at radius 3 is 2.67 bits per heavy atom. The van der Waals surface area contributed by atoms with Crippen molar-refractivity contribution >= 4 is 10.9 Å². The molecule has 0 aliphatic carbocycles. The van der Waals surface area contributed by atoms with E-state index in [4.69, 9.17) is 9.47 Å². The van der Waals surface area contributed by atoms with Gasteiger partial charge < -0.3 is 9.47 Å². The summed E-state index contributed by atoms with van der Waals surface area (Å²) in [6, 6.07) is 9.93. The number of aromatic nitrogens is 1. The number of hydrogen-bond acceptors (Lipinski definition) is 4. The number of rotatable bonds is 2. The van der Waals surface area contributed by atoms with Gasteiger partial charge in [0, 0.05) is 24.4 Å². The fourth-order valence-corrected chi connectivity index (χ4v) is 2.93. The minimum Gasteiger partial charge on any atom is -0.488 e. The highest BCUT2D eigenvalue weighted by atomic mass is 16.5. The Balaban J connectivity index is 1.97. The molecule has 4 heteroatoms. The van der Waals surface area contributed by atoms with Crippen LogP contribution in [0.25, 0.3) is 10.9 Å². The van der Waals surface area contributed by atoms with E-state index in [1.165, 1.54) is 0 Å². The van der Waals surface area contributed by atoms with Gasteiger partial charge in [-0.25, -0.2) is 0 Å². The van der Waals surface area contributed by atoms with Crippen molar-refractivity contribution in [3.63, 3.8) is 0 Å². The molecule has 0 N–H and O–H groups in total. The van der Waals surface area contributed by atoms with E-state index in [1.54, 1.807) is 6.20 Å². The normalized spacial score (nSPS) is 25.5. The zero-order valence-electron chi connectivity index (χ0n) is 12.2.